The summed E-state index contributed by atoms with van der Waals surface area (Å²) in [6.07, 6.45) is 5.39. The fraction of sp³-hybridized carbons (Fsp3) is 0.125. The second kappa shape index (κ2) is 3.20. The van der Waals surface area contributed by atoms with E-state index in [9.17, 15) is 4.79 Å². The van der Waals surface area contributed by atoms with Gasteiger partial charge in [0.05, 0.1) is 16.1 Å². The number of allylic oxidation sites excluding steroid dienone is 3. The third kappa shape index (κ3) is 1.64. The molecule has 3 nitrogen and oxygen atoms in total. The minimum atomic E-state index is -0.330. The molecule has 0 aromatic rings. The predicted molar refractivity (Wildman–Crippen MR) is 55.7 cm³/mol. The normalized spacial score (nSPS) is 26.2. The van der Waals surface area contributed by atoms with Crippen molar-refractivity contribution in [1.29, 1.82) is 0 Å². The van der Waals surface area contributed by atoms with Crippen molar-refractivity contribution in [2.45, 2.75) is 4.83 Å². The van der Waals surface area contributed by atoms with Crippen LogP contribution in [0.4, 0.5) is 0 Å². The first-order valence-corrected chi connectivity index (χ1v) is 4.88. The number of hydrogen-bond acceptors (Lipinski definition) is 2. The second-order valence-corrected chi connectivity index (χ2v) is 3.96. The Balaban J connectivity index is 2.48. The van der Waals surface area contributed by atoms with Crippen LogP contribution >= 0.6 is 27.5 Å². The summed E-state index contributed by atoms with van der Waals surface area (Å²) in [5, 5.41) is -0.00479. The minimum Gasteiger partial charge on any atom is -0.267 e. The van der Waals surface area contributed by atoms with Crippen LogP contribution in [0.3, 0.4) is 0 Å². The van der Waals surface area contributed by atoms with Gasteiger partial charge >= 0.3 is 0 Å². The molecule has 0 fully saturated rings. The number of hydrogen-bond donors (Lipinski definition) is 0. The van der Waals surface area contributed by atoms with Gasteiger partial charge in [-0.1, -0.05) is 28.1 Å². The van der Waals surface area contributed by atoms with Crippen LogP contribution < -0.4 is 0 Å². The third-order valence-corrected chi connectivity index (χ3v) is 2.42. The Bertz CT molecular complexity index is 395. The molecule has 0 saturated carbocycles. The molecular weight excluding hydrogens is 255 g/mol. The molecular formula is C8H4BrClN2O. The topological polar surface area (TPSA) is 41.8 Å². The summed E-state index contributed by atoms with van der Waals surface area (Å²) in [7, 11) is 0. The first kappa shape index (κ1) is 8.84. The fourth-order valence-corrected chi connectivity index (χ4v) is 1.70. The highest BCUT2D eigenvalue weighted by Crippen LogP contribution is 2.19. The van der Waals surface area contributed by atoms with Crippen LogP contribution in [0.15, 0.2) is 33.8 Å². The van der Waals surface area contributed by atoms with E-state index in [1.807, 2.05) is 6.08 Å². The van der Waals surface area contributed by atoms with E-state index >= 15 is 0 Å². The maximum atomic E-state index is 11.3. The smallest absolute Gasteiger partial charge is 0.267 e. The number of amidine groups is 1. The SMILES string of the molecule is O=C1N=C(Cl)N=C2C=CC(Br)C=C12. The summed E-state index contributed by atoms with van der Waals surface area (Å²) in [5.41, 5.74) is 1.09. The van der Waals surface area contributed by atoms with Crippen molar-refractivity contribution >= 4 is 44.4 Å². The van der Waals surface area contributed by atoms with Crippen molar-refractivity contribution in [3.8, 4) is 0 Å². The van der Waals surface area contributed by atoms with Gasteiger partial charge in [-0.2, -0.15) is 4.99 Å². The molecule has 2 aliphatic rings. The van der Waals surface area contributed by atoms with Crippen molar-refractivity contribution in [2.24, 2.45) is 9.98 Å². The summed E-state index contributed by atoms with van der Waals surface area (Å²) in [6.45, 7) is 0. The first-order chi connectivity index (χ1) is 6.16. The van der Waals surface area contributed by atoms with E-state index in [1.165, 1.54) is 0 Å². The van der Waals surface area contributed by atoms with E-state index in [2.05, 4.69) is 25.9 Å². The highest BCUT2D eigenvalue weighted by atomic mass is 79.9. The zero-order chi connectivity index (χ0) is 9.42. The molecule has 0 radical (unpaired) electrons. The summed E-state index contributed by atoms with van der Waals surface area (Å²) in [6, 6.07) is 0. The van der Waals surface area contributed by atoms with Crippen LogP contribution in [0.5, 0.6) is 0 Å². The largest absolute Gasteiger partial charge is 0.281 e. The summed E-state index contributed by atoms with van der Waals surface area (Å²) >= 11 is 8.88. The molecule has 5 heteroatoms. The van der Waals surface area contributed by atoms with Crippen LogP contribution in [0.2, 0.25) is 0 Å². The van der Waals surface area contributed by atoms with Gasteiger partial charge in [0.2, 0.25) is 5.29 Å². The van der Waals surface area contributed by atoms with Crippen molar-refractivity contribution in [2.75, 3.05) is 0 Å². The zero-order valence-electron chi connectivity index (χ0n) is 6.37. The molecule has 1 amide bonds. The van der Waals surface area contributed by atoms with E-state index in [4.69, 9.17) is 11.6 Å². The van der Waals surface area contributed by atoms with E-state index in [0.29, 0.717) is 11.3 Å². The Morgan fingerprint density at radius 3 is 3.00 bits per heavy atom. The highest BCUT2D eigenvalue weighted by molar-refractivity contribution is 9.09. The summed E-state index contributed by atoms with van der Waals surface area (Å²) in [4.78, 5) is 18.8. The number of fused-ring (bicyclic) bond motifs is 1. The van der Waals surface area contributed by atoms with E-state index in [1.54, 1.807) is 12.2 Å². The van der Waals surface area contributed by atoms with E-state index in [-0.39, 0.29) is 16.0 Å². The number of alkyl halides is 1. The van der Waals surface area contributed by atoms with Gasteiger partial charge in [-0.05, 0) is 17.7 Å². The first-order valence-electron chi connectivity index (χ1n) is 3.58. The average Bonchev–Trinajstić information content (AvgIpc) is 2.06. The van der Waals surface area contributed by atoms with Crippen molar-refractivity contribution < 1.29 is 4.79 Å². The molecule has 1 aliphatic heterocycles. The van der Waals surface area contributed by atoms with Crippen LogP contribution in [-0.4, -0.2) is 21.7 Å². The third-order valence-electron chi connectivity index (χ3n) is 1.68. The maximum Gasteiger partial charge on any atom is 0.281 e. The van der Waals surface area contributed by atoms with Gasteiger partial charge in [-0.25, -0.2) is 4.99 Å². The van der Waals surface area contributed by atoms with Gasteiger partial charge < -0.3 is 0 Å². The fourth-order valence-electron chi connectivity index (χ4n) is 1.12. The van der Waals surface area contributed by atoms with Crippen molar-refractivity contribution in [1.82, 2.24) is 0 Å². The summed E-state index contributed by atoms with van der Waals surface area (Å²) < 4.78 is 0. The lowest BCUT2D eigenvalue weighted by Crippen LogP contribution is -2.19. The lowest BCUT2D eigenvalue weighted by atomic mass is 10.0. The van der Waals surface area contributed by atoms with Crippen LogP contribution in [-0.2, 0) is 4.79 Å². The molecule has 0 aromatic carbocycles. The van der Waals surface area contributed by atoms with Gasteiger partial charge in [0.15, 0.2) is 0 Å². The Morgan fingerprint density at radius 2 is 2.23 bits per heavy atom. The lowest BCUT2D eigenvalue weighted by Gasteiger charge is -2.13. The highest BCUT2D eigenvalue weighted by Gasteiger charge is 2.22. The van der Waals surface area contributed by atoms with Gasteiger partial charge in [0.25, 0.3) is 5.91 Å². The Morgan fingerprint density at radius 1 is 1.46 bits per heavy atom. The Kier molecular flexibility index (Phi) is 2.17. The molecule has 13 heavy (non-hydrogen) atoms. The zero-order valence-corrected chi connectivity index (χ0v) is 8.71. The number of rotatable bonds is 0. The average molecular weight is 259 g/mol. The Hall–Kier alpha value is -0.740. The molecule has 1 aliphatic carbocycles. The molecule has 1 atom stereocenters. The summed E-state index contributed by atoms with van der Waals surface area (Å²) in [5.74, 6) is -0.330. The van der Waals surface area contributed by atoms with Gasteiger partial charge in [-0.3, -0.25) is 4.79 Å². The number of carbonyl (C=O) groups excluding carboxylic acids is 1. The predicted octanol–water partition coefficient (Wildman–Crippen LogP) is 1.82. The Labute approximate surface area is 88.0 Å². The van der Waals surface area contributed by atoms with Gasteiger partial charge in [0, 0.05) is 0 Å². The van der Waals surface area contributed by atoms with E-state index < -0.39 is 0 Å². The molecule has 1 unspecified atom stereocenters. The number of nitrogens with zero attached hydrogens (tertiary/aromatic N) is 2. The number of carbonyl (C=O) groups is 1. The molecule has 0 spiro atoms. The monoisotopic (exact) mass is 258 g/mol. The van der Waals surface area contributed by atoms with E-state index in [0.717, 1.165) is 0 Å². The minimum absolute atomic E-state index is 0.00479. The molecule has 0 bridgehead atoms. The van der Waals surface area contributed by atoms with Crippen molar-refractivity contribution in [3.63, 3.8) is 0 Å². The van der Waals surface area contributed by atoms with Crippen LogP contribution in [0.1, 0.15) is 0 Å². The molecule has 0 N–H and O–H groups in total. The second-order valence-electron chi connectivity index (χ2n) is 2.57. The lowest BCUT2D eigenvalue weighted by molar-refractivity contribution is -0.113. The number of amides is 1. The molecule has 0 saturated heterocycles. The molecule has 66 valence electrons. The van der Waals surface area contributed by atoms with Gasteiger partial charge in [0.1, 0.15) is 0 Å². The number of aliphatic imine (C=N–C) groups is 2. The quantitative estimate of drug-likeness (QED) is 0.483. The van der Waals surface area contributed by atoms with Crippen LogP contribution in [0.25, 0.3) is 0 Å². The van der Waals surface area contributed by atoms with Gasteiger partial charge in [-0.15, -0.1) is 0 Å². The number of halogens is 2. The molecule has 1 heterocycles. The molecule has 2 rings (SSSR count). The van der Waals surface area contributed by atoms with Crippen LogP contribution in [0, 0.1) is 0 Å². The standard InChI is InChI=1S/C8H4BrClN2O/c9-4-1-2-6-5(3-4)7(13)12-8(10)11-6/h1-4H. The van der Waals surface area contributed by atoms with Crippen molar-refractivity contribution in [3.05, 3.63) is 23.8 Å². The maximum absolute atomic E-state index is 11.3. The molecule has 0 aromatic heterocycles.